The summed E-state index contributed by atoms with van der Waals surface area (Å²) in [6.07, 6.45) is 0. The number of halogens is 2. The molecule has 1 aliphatic heterocycles. The maximum Gasteiger partial charge on any atom is 0.0991 e. The summed E-state index contributed by atoms with van der Waals surface area (Å²) in [6, 6.07) is 2.62. The molecular weight excluding hydrogens is 241 g/mol. The first-order valence-electron chi connectivity index (χ1n) is 4.45. The standard InChI is InChI=1S/C9H11Cl2NOS/c1-5(12-6-3-13-4-6)7-2-8(10)14-9(7)11/h2,5-6,12H,3-4H2,1H3. The van der Waals surface area contributed by atoms with Crippen LogP contribution in [0.25, 0.3) is 0 Å². The molecule has 2 rings (SSSR count). The van der Waals surface area contributed by atoms with Crippen molar-refractivity contribution in [1.29, 1.82) is 0 Å². The van der Waals surface area contributed by atoms with E-state index in [-0.39, 0.29) is 6.04 Å². The van der Waals surface area contributed by atoms with Crippen LogP contribution in [0.1, 0.15) is 18.5 Å². The van der Waals surface area contributed by atoms with E-state index in [2.05, 4.69) is 12.2 Å². The van der Waals surface area contributed by atoms with Gasteiger partial charge in [0.25, 0.3) is 0 Å². The Morgan fingerprint density at radius 3 is 2.71 bits per heavy atom. The Labute approximate surface area is 97.2 Å². The molecule has 14 heavy (non-hydrogen) atoms. The summed E-state index contributed by atoms with van der Waals surface area (Å²) in [5.74, 6) is 0. The average Bonchev–Trinajstić information content (AvgIpc) is 2.37. The first-order valence-corrected chi connectivity index (χ1v) is 6.02. The van der Waals surface area contributed by atoms with Crippen molar-refractivity contribution >= 4 is 34.5 Å². The van der Waals surface area contributed by atoms with Crippen LogP contribution >= 0.6 is 34.5 Å². The molecule has 0 radical (unpaired) electrons. The van der Waals surface area contributed by atoms with Crippen LogP contribution in [0.5, 0.6) is 0 Å². The van der Waals surface area contributed by atoms with Gasteiger partial charge in [0.2, 0.25) is 0 Å². The third-order valence-electron chi connectivity index (χ3n) is 2.27. The number of nitrogens with one attached hydrogen (secondary N) is 1. The molecule has 2 nitrogen and oxygen atoms in total. The molecule has 1 aliphatic rings. The Hall–Kier alpha value is 0.200. The molecule has 5 heteroatoms. The van der Waals surface area contributed by atoms with Gasteiger partial charge in [-0.25, -0.2) is 0 Å². The number of rotatable bonds is 3. The highest BCUT2D eigenvalue weighted by atomic mass is 35.5. The molecule has 0 saturated carbocycles. The lowest BCUT2D eigenvalue weighted by molar-refractivity contribution is -0.00923. The van der Waals surface area contributed by atoms with E-state index in [4.69, 9.17) is 27.9 Å². The van der Waals surface area contributed by atoms with Gasteiger partial charge >= 0.3 is 0 Å². The molecule has 0 aromatic carbocycles. The first kappa shape index (κ1) is 10.7. The molecule has 1 aromatic heterocycles. The first-order chi connectivity index (χ1) is 6.66. The van der Waals surface area contributed by atoms with Crippen LogP contribution in [0, 0.1) is 0 Å². The van der Waals surface area contributed by atoms with Crippen molar-refractivity contribution in [1.82, 2.24) is 5.32 Å². The van der Waals surface area contributed by atoms with E-state index < -0.39 is 0 Å². The summed E-state index contributed by atoms with van der Waals surface area (Å²) in [5.41, 5.74) is 1.08. The van der Waals surface area contributed by atoms with Crippen molar-refractivity contribution in [3.63, 3.8) is 0 Å². The van der Waals surface area contributed by atoms with Gasteiger partial charge in [0.1, 0.15) is 0 Å². The topological polar surface area (TPSA) is 21.3 Å². The van der Waals surface area contributed by atoms with Gasteiger partial charge in [0, 0.05) is 6.04 Å². The molecule has 0 bridgehead atoms. The smallest absolute Gasteiger partial charge is 0.0991 e. The highest BCUT2D eigenvalue weighted by Crippen LogP contribution is 2.35. The van der Waals surface area contributed by atoms with Crippen LogP contribution in [0.3, 0.4) is 0 Å². The fraction of sp³-hybridized carbons (Fsp3) is 0.556. The molecule has 0 aliphatic carbocycles. The predicted octanol–water partition coefficient (Wildman–Crippen LogP) is 3.10. The van der Waals surface area contributed by atoms with Crippen LogP contribution in [0.4, 0.5) is 0 Å². The quantitative estimate of drug-likeness (QED) is 0.892. The second-order valence-electron chi connectivity index (χ2n) is 3.40. The number of ether oxygens (including phenoxy) is 1. The minimum atomic E-state index is 0.236. The van der Waals surface area contributed by atoms with Crippen LogP contribution in [-0.2, 0) is 4.74 Å². The van der Waals surface area contributed by atoms with Gasteiger partial charge in [-0.1, -0.05) is 23.2 Å². The maximum absolute atomic E-state index is 6.05. The maximum atomic E-state index is 6.05. The molecule has 0 amide bonds. The summed E-state index contributed by atoms with van der Waals surface area (Å²) in [5, 5.41) is 3.43. The number of hydrogen-bond donors (Lipinski definition) is 1. The molecule has 78 valence electrons. The summed E-state index contributed by atoms with van der Waals surface area (Å²) in [6.45, 7) is 3.67. The Bertz CT molecular complexity index is 325. The zero-order valence-electron chi connectivity index (χ0n) is 7.72. The summed E-state index contributed by atoms with van der Waals surface area (Å²) < 4.78 is 6.60. The minimum absolute atomic E-state index is 0.236. The van der Waals surface area contributed by atoms with Gasteiger partial charge in [-0.2, -0.15) is 0 Å². The molecule has 1 fully saturated rings. The Balaban J connectivity index is 2.02. The SMILES string of the molecule is CC(NC1COC1)c1cc(Cl)sc1Cl. The molecule has 1 saturated heterocycles. The third kappa shape index (κ3) is 2.23. The van der Waals surface area contributed by atoms with Gasteiger partial charge < -0.3 is 10.1 Å². The van der Waals surface area contributed by atoms with Gasteiger partial charge in [0.05, 0.1) is 27.9 Å². The zero-order valence-corrected chi connectivity index (χ0v) is 10.0. The minimum Gasteiger partial charge on any atom is -0.378 e. The summed E-state index contributed by atoms with van der Waals surface area (Å²) >= 11 is 13.3. The van der Waals surface area contributed by atoms with Crippen LogP contribution in [0.15, 0.2) is 6.07 Å². The average molecular weight is 252 g/mol. The van der Waals surface area contributed by atoms with Crippen LogP contribution < -0.4 is 5.32 Å². The molecule has 1 unspecified atom stereocenters. The van der Waals surface area contributed by atoms with E-state index in [1.54, 1.807) is 0 Å². The summed E-state index contributed by atoms with van der Waals surface area (Å²) in [7, 11) is 0. The van der Waals surface area contributed by atoms with Gasteiger partial charge in [0.15, 0.2) is 0 Å². The third-order valence-corrected chi connectivity index (χ3v) is 3.79. The van der Waals surface area contributed by atoms with Crippen molar-refractivity contribution in [2.24, 2.45) is 0 Å². The number of thiophene rings is 1. The van der Waals surface area contributed by atoms with Gasteiger partial charge in [-0.15, -0.1) is 11.3 Å². The largest absolute Gasteiger partial charge is 0.378 e. The van der Waals surface area contributed by atoms with Gasteiger partial charge in [-0.3, -0.25) is 0 Å². The second kappa shape index (κ2) is 4.37. The molecule has 1 N–H and O–H groups in total. The number of hydrogen-bond acceptors (Lipinski definition) is 3. The highest BCUT2D eigenvalue weighted by Gasteiger charge is 2.22. The fourth-order valence-corrected chi connectivity index (χ4v) is 3.07. The van der Waals surface area contributed by atoms with E-state index >= 15 is 0 Å². The van der Waals surface area contributed by atoms with Crippen molar-refractivity contribution in [2.45, 2.75) is 19.0 Å². The Morgan fingerprint density at radius 1 is 1.57 bits per heavy atom. The predicted molar refractivity (Wildman–Crippen MR) is 60.5 cm³/mol. The fourth-order valence-electron chi connectivity index (χ4n) is 1.42. The van der Waals surface area contributed by atoms with Crippen molar-refractivity contribution < 1.29 is 4.74 Å². The van der Waals surface area contributed by atoms with E-state index in [9.17, 15) is 0 Å². The zero-order chi connectivity index (χ0) is 10.1. The van der Waals surface area contributed by atoms with Crippen LogP contribution in [0.2, 0.25) is 8.67 Å². The van der Waals surface area contributed by atoms with Crippen LogP contribution in [-0.4, -0.2) is 19.3 Å². The highest BCUT2D eigenvalue weighted by molar-refractivity contribution is 7.20. The van der Waals surface area contributed by atoms with Crippen molar-refractivity contribution in [3.05, 3.63) is 20.3 Å². The van der Waals surface area contributed by atoms with E-state index in [1.165, 1.54) is 11.3 Å². The molecule has 1 atom stereocenters. The lowest BCUT2D eigenvalue weighted by atomic mass is 10.1. The van der Waals surface area contributed by atoms with Crippen molar-refractivity contribution in [2.75, 3.05) is 13.2 Å². The molecular formula is C9H11Cl2NOS. The lowest BCUT2D eigenvalue weighted by Crippen LogP contribution is -2.46. The normalized spacial score (nSPS) is 19.4. The monoisotopic (exact) mass is 251 g/mol. The molecule has 0 spiro atoms. The molecule has 2 heterocycles. The van der Waals surface area contributed by atoms with Gasteiger partial charge in [-0.05, 0) is 18.6 Å². The summed E-state index contributed by atoms with van der Waals surface area (Å²) in [4.78, 5) is 0. The Morgan fingerprint density at radius 2 is 2.29 bits per heavy atom. The molecule has 1 aromatic rings. The lowest BCUT2D eigenvalue weighted by Gasteiger charge is -2.30. The van der Waals surface area contributed by atoms with Crippen molar-refractivity contribution in [3.8, 4) is 0 Å². The second-order valence-corrected chi connectivity index (χ2v) is 5.69. The Kier molecular flexibility index (Phi) is 3.34. The van der Waals surface area contributed by atoms with E-state index in [0.29, 0.717) is 6.04 Å². The van der Waals surface area contributed by atoms with E-state index in [0.717, 1.165) is 27.4 Å². The van der Waals surface area contributed by atoms with E-state index in [1.807, 2.05) is 6.07 Å².